The quantitative estimate of drug-likeness (QED) is 0.648. The van der Waals surface area contributed by atoms with Crippen LogP contribution in [-0.4, -0.2) is 23.2 Å². The van der Waals surface area contributed by atoms with Gasteiger partial charge in [-0.3, -0.25) is 14.5 Å². The Bertz CT molecular complexity index is 440. The fraction of sp³-hybridized carbons (Fsp3) is 0.364. The first-order valence-corrected chi connectivity index (χ1v) is 4.94. The number of pyridine rings is 1. The molecule has 4 heteroatoms. The van der Waals surface area contributed by atoms with Crippen LogP contribution < -0.4 is 4.90 Å². The van der Waals surface area contributed by atoms with Crippen LogP contribution in [0.1, 0.15) is 29.4 Å². The standard InChI is InChI=1S/C11H12N2O2/c1-3-13-10(15)6-9(14)8-5-4-7(2)12-11(8)13/h4-5H,3,6H2,1-2H3. The van der Waals surface area contributed by atoms with Gasteiger partial charge in [-0.25, -0.2) is 4.98 Å². The van der Waals surface area contributed by atoms with E-state index in [0.717, 1.165) is 5.69 Å². The van der Waals surface area contributed by atoms with Gasteiger partial charge in [0.05, 0.1) is 12.0 Å². The SMILES string of the molecule is CCN1C(=O)CC(=O)c2ccc(C)nc21. The van der Waals surface area contributed by atoms with E-state index in [2.05, 4.69) is 4.98 Å². The third-order valence-corrected chi connectivity index (χ3v) is 2.50. The van der Waals surface area contributed by atoms with Crippen molar-refractivity contribution in [3.63, 3.8) is 0 Å². The number of amides is 1. The molecule has 0 saturated heterocycles. The Kier molecular flexibility index (Phi) is 2.26. The molecule has 0 radical (unpaired) electrons. The van der Waals surface area contributed by atoms with Crippen LogP contribution in [0.25, 0.3) is 0 Å². The molecule has 1 aliphatic heterocycles. The molecule has 0 aliphatic carbocycles. The zero-order valence-electron chi connectivity index (χ0n) is 8.78. The van der Waals surface area contributed by atoms with Crippen molar-refractivity contribution in [1.29, 1.82) is 0 Å². The van der Waals surface area contributed by atoms with Crippen LogP contribution in [0.15, 0.2) is 12.1 Å². The predicted octanol–water partition coefficient (Wildman–Crippen LogP) is 1.33. The number of Topliss-reactive ketones (excluding diaryl/α,β-unsaturated/α-hetero) is 1. The minimum atomic E-state index is -0.159. The molecule has 15 heavy (non-hydrogen) atoms. The molecule has 0 bridgehead atoms. The average molecular weight is 204 g/mol. The van der Waals surface area contributed by atoms with E-state index in [1.54, 1.807) is 17.0 Å². The van der Waals surface area contributed by atoms with Crippen molar-refractivity contribution in [1.82, 2.24) is 4.98 Å². The van der Waals surface area contributed by atoms with Gasteiger partial charge in [0.2, 0.25) is 5.91 Å². The van der Waals surface area contributed by atoms with Crippen molar-refractivity contribution >= 4 is 17.5 Å². The third kappa shape index (κ3) is 1.52. The van der Waals surface area contributed by atoms with Crippen LogP contribution in [0.4, 0.5) is 5.82 Å². The summed E-state index contributed by atoms with van der Waals surface area (Å²) in [7, 11) is 0. The number of ketones is 1. The highest BCUT2D eigenvalue weighted by Crippen LogP contribution is 2.25. The lowest BCUT2D eigenvalue weighted by molar-refractivity contribution is -0.118. The zero-order valence-corrected chi connectivity index (χ0v) is 8.78. The smallest absolute Gasteiger partial charge is 0.235 e. The van der Waals surface area contributed by atoms with Gasteiger partial charge in [-0.1, -0.05) is 0 Å². The molecular formula is C11H12N2O2. The van der Waals surface area contributed by atoms with Crippen molar-refractivity contribution < 1.29 is 9.59 Å². The van der Waals surface area contributed by atoms with Crippen molar-refractivity contribution in [3.05, 3.63) is 23.4 Å². The maximum Gasteiger partial charge on any atom is 0.235 e. The first kappa shape index (κ1) is 9.83. The van der Waals surface area contributed by atoms with Crippen LogP contribution in [0, 0.1) is 6.92 Å². The molecule has 2 heterocycles. The molecule has 0 atom stereocenters. The molecule has 1 aromatic heterocycles. The van der Waals surface area contributed by atoms with Crippen LogP contribution in [0.3, 0.4) is 0 Å². The van der Waals surface area contributed by atoms with Gasteiger partial charge in [-0.15, -0.1) is 0 Å². The number of hydrogen-bond donors (Lipinski definition) is 0. The predicted molar refractivity (Wildman–Crippen MR) is 55.9 cm³/mol. The number of fused-ring (bicyclic) bond motifs is 1. The van der Waals surface area contributed by atoms with Gasteiger partial charge in [0.15, 0.2) is 5.78 Å². The summed E-state index contributed by atoms with van der Waals surface area (Å²) in [5, 5.41) is 0. The molecule has 0 fully saturated rings. The van der Waals surface area contributed by atoms with Crippen molar-refractivity contribution in [2.45, 2.75) is 20.3 Å². The lowest BCUT2D eigenvalue weighted by Gasteiger charge is -2.26. The van der Waals surface area contributed by atoms with Gasteiger partial charge in [0.1, 0.15) is 5.82 Å². The Hall–Kier alpha value is -1.71. The van der Waals surface area contributed by atoms with E-state index in [-0.39, 0.29) is 18.1 Å². The topological polar surface area (TPSA) is 50.3 Å². The van der Waals surface area contributed by atoms with Crippen molar-refractivity contribution in [2.24, 2.45) is 0 Å². The Morgan fingerprint density at radius 3 is 2.80 bits per heavy atom. The highest BCUT2D eigenvalue weighted by atomic mass is 16.2. The summed E-state index contributed by atoms with van der Waals surface area (Å²) in [6, 6.07) is 3.54. The number of aryl methyl sites for hydroxylation is 1. The summed E-state index contributed by atoms with van der Waals surface area (Å²) in [6.45, 7) is 4.27. The summed E-state index contributed by atoms with van der Waals surface area (Å²) >= 11 is 0. The van der Waals surface area contributed by atoms with Crippen molar-refractivity contribution in [2.75, 3.05) is 11.4 Å². The highest BCUT2D eigenvalue weighted by Gasteiger charge is 2.29. The zero-order chi connectivity index (χ0) is 11.0. The molecule has 2 rings (SSSR count). The maximum atomic E-state index is 11.6. The van der Waals surface area contributed by atoms with Gasteiger partial charge < -0.3 is 0 Å². The third-order valence-electron chi connectivity index (χ3n) is 2.50. The molecule has 0 spiro atoms. The second-order valence-electron chi connectivity index (χ2n) is 3.56. The lowest BCUT2D eigenvalue weighted by Crippen LogP contribution is -2.38. The number of carbonyl (C=O) groups excluding carboxylic acids is 2. The fourth-order valence-electron chi connectivity index (χ4n) is 1.74. The minimum absolute atomic E-state index is 0.0361. The first-order chi connectivity index (χ1) is 7.13. The average Bonchev–Trinajstić information content (AvgIpc) is 2.17. The van der Waals surface area contributed by atoms with E-state index in [9.17, 15) is 9.59 Å². The summed E-state index contributed by atoms with van der Waals surface area (Å²) in [5.41, 5.74) is 1.37. The minimum Gasteiger partial charge on any atom is -0.296 e. The van der Waals surface area contributed by atoms with Crippen LogP contribution in [0.5, 0.6) is 0 Å². The Morgan fingerprint density at radius 2 is 2.13 bits per heavy atom. The van der Waals surface area contributed by atoms with Crippen LogP contribution in [-0.2, 0) is 4.79 Å². The number of hydrogen-bond acceptors (Lipinski definition) is 3. The number of nitrogens with zero attached hydrogens (tertiary/aromatic N) is 2. The maximum absolute atomic E-state index is 11.6. The van der Waals surface area contributed by atoms with Gasteiger partial charge in [-0.2, -0.15) is 0 Å². The first-order valence-electron chi connectivity index (χ1n) is 4.94. The van der Waals surface area contributed by atoms with E-state index >= 15 is 0 Å². The summed E-state index contributed by atoms with van der Waals surface area (Å²) in [5.74, 6) is 0.221. The van der Waals surface area contributed by atoms with Gasteiger partial charge in [0, 0.05) is 12.2 Å². The van der Waals surface area contributed by atoms with E-state index < -0.39 is 0 Å². The largest absolute Gasteiger partial charge is 0.296 e. The monoisotopic (exact) mass is 204 g/mol. The summed E-state index contributed by atoms with van der Waals surface area (Å²) in [4.78, 5) is 29.0. The van der Waals surface area contributed by atoms with E-state index in [0.29, 0.717) is 17.9 Å². The molecule has 0 aromatic carbocycles. The van der Waals surface area contributed by atoms with Gasteiger partial charge >= 0.3 is 0 Å². The van der Waals surface area contributed by atoms with Crippen LogP contribution in [0.2, 0.25) is 0 Å². The molecule has 78 valence electrons. The normalized spacial score (nSPS) is 15.5. The number of rotatable bonds is 1. The molecule has 4 nitrogen and oxygen atoms in total. The molecule has 1 aromatic rings. The van der Waals surface area contributed by atoms with Gasteiger partial charge in [0.25, 0.3) is 0 Å². The fourth-order valence-corrected chi connectivity index (χ4v) is 1.74. The lowest BCUT2D eigenvalue weighted by atomic mass is 10.0. The van der Waals surface area contributed by atoms with E-state index in [4.69, 9.17) is 0 Å². The Labute approximate surface area is 87.9 Å². The Balaban J connectivity index is 2.59. The second-order valence-corrected chi connectivity index (χ2v) is 3.56. The molecule has 0 unspecified atom stereocenters. The van der Waals surface area contributed by atoms with Crippen LogP contribution >= 0.6 is 0 Å². The number of carbonyl (C=O) groups is 2. The number of anilines is 1. The molecule has 1 aliphatic rings. The molecule has 0 saturated carbocycles. The summed E-state index contributed by atoms with van der Waals surface area (Å²) in [6.07, 6.45) is -0.0361. The van der Waals surface area contributed by atoms with Crippen molar-refractivity contribution in [3.8, 4) is 0 Å². The molecule has 1 amide bonds. The molecular weight excluding hydrogens is 192 g/mol. The Morgan fingerprint density at radius 1 is 1.40 bits per heavy atom. The second kappa shape index (κ2) is 3.46. The highest BCUT2D eigenvalue weighted by molar-refractivity contribution is 6.18. The van der Waals surface area contributed by atoms with E-state index in [1.807, 2.05) is 13.8 Å². The summed E-state index contributed by atoms with van der Waals surface area (Å²) < 4.78 is 0. The van der Waals surface area contributed by atoms with Gasteiger partial charge in [-0.05, 0) is 26.0 Å². The molecule has 0 N–H and O–H groups in total. The van der Waals surface area contributed by atoms with E-state index in [1.165, 1.54) is 0 Å². The number of aromatic nitrogens is 1.